The molecule has 1 heterocycles. The summed E-state index contributed by atoms with van der Waals surface area (Å²) >= 11 is 0. The highest BCUT2D eigenvalue weighted by atomic mass is 32.2. The molecule has 0 bridgehead atoms. The number of aromatic nitrogens is 2. The van der Waals surface area contributed by atoms with E-state index in [9.17, 15) is 13.2 Å². The van der Waals surface area contributed by atoms with Gasteiger partial charge in [0.25, 0.3) is 10.0 Å². The summed E-state index contributed by atoms with van der Waals surface area (Å²) in [6.45, 7) is 1.97. The minimum atomic E-state index is -3.78. The van der Waals surface area contributed by atoms with Gasteiger partial charge in [0.1, 0.15) is 0 Å². The number of likely N-dealkylation sites (N-methyl/N-ethyl adjacent to an activating group) is 1. The van der Waals surface area contributed by atoms with E-state index >= 15 is 0 Å². The first kappa shape index (κ1) is 19.4. The quantitative estimate of drug-likeness (QED) is 0.557. The smallest absolute Gasteiger partial charge is 0.263 e. The summed E-state index contributed by atoms with van der Waals surface area (Å²) in [5.74, 6) is -0.0248. The number of hydrogen-bond donors (Lipinski definition) is 3. The van der Waals surface area contributed by atoms with Gasteiger partial charge >= 0.3 is 0 Å². The molecular weight excluding hydrogens is 376 g/mol. The Morgan fingerprint density at radius 1 is 1.11 bits per heavy atom. The second-order valence-electron chi connectivity index (χ2n) is 6.10. The predicted molar refractivity (Wildman–Crippen MR) is 109 cm³/mol. The van der Waals surface area contributed by atoms with Gasteiger partial charge in [0.15, 0.2) is 5.82 Å². The summed E-state index contributed by atoms with van der Waals surface area (Å²) in [7, 11) is -2.25. The Bertz CT molecular complexity index is 1120. The van der Waals surface area contributed by atoms with E-state index in [-0.39, 0.29) is 16.6 Å². The SMILES string of the molecule is CNC(=O)/C=C/c1ccc(S(=O)(=O)Nc2cc(-c3ccccc3C)[nH]n2)cc1. The highest BCUT2D eigenvalue weighted by molar-refractivity contribution is 7.92. The topological polar surface area (TPSA) is 104 Å². The minimum absolute atomic E-state index is 0.102. The van der Waals surface area contributed by atoms with E-state index < -0.39 is 10.0 Å². The molecule has 28 heavy (non-hydrogen) atoms. The number of rotatable bonds is 6. The number of carbonyl (C=O) groups is 1. The summed E-state index contributed by atoms with van der Waals surface area (Å²) in [5.41, 5.74) is 3.45. The van der Waals surface area contributed by atoms with Crippen LogP contribution in [-0.2, 0) is 14.8 Å². The zero-order valence-corrected chi connectivity index (χ0v) is 16.2. The number of H-pyrrole nitrogens is 1. The van der Waals surface area contributed by atoms with Crippen LogP contribution in [0.3, 0.4) is 0 Å². The van der Waals surface area contributed by atoms with E-state index in [4.69, 9.17) is 0 Å². The summed E-state index contributed by atoms with van der Waals surface area (Å²) in [5, 5.41) is 9.38. The molecule has 144 valence electrons. The van der Waals surface area contributed by atoms with Crippen molar-refractivity contribution in [3.8, 4) is 11.3 Å². The first-order valence-electron chi connectivity index (χ1n) is 8.53. The largest absolute Gasteiger partial charge is 0.356 e. The first-order valence-corrected chi connectivity index (χ1v) is 10.0. The lowest BCUT2D eigenvalue weighted by atomic mass is 10.1. The maximum absolute atomic E-state index is 12.6. The molecule has 2 aromatic carbocycles. The van der Waals surface area contributed by atoms with Crippen molar-refractivity contribution < 1.29 is 13.2 Å². The zero-order valence-electron chi connectivity index (χ0n) is 15.4. The molecule has 7 nitrogen and oxygen atoms in total. The van der Waals surface area contributed by atoms with Crippen LogP contribution in [0.4, 0.5) is 5.82 Å². The molecule has 0 unspecified atom stereocenters. The fraction of sp³-hybridized carbons (Fsp3) is 0.100. The second kappa shape index (κ2) is 8.10. The Hall–Kier alpha value is -3.39. The van der Waals surface area contributed by atoms with Crippen molar-refractivity contribution in [1.82, 2.24) is 15.5 Å². The van der Waals surface area contributed by atoms with Crippen molar-refractivity contribution in [2.24, 2.45) is 0 Å². The lowest BCUT2D eigenvalue weighted by Gasteiger charge is -2.05. The fourth-order valence-corrected chi connectivity index (χ4v) is 3.59. The van der Waals surface area contributed by atoms with Gasteiger partial charge in [0, 0.05) is 24.8 Å². The number of carbonyl (C=O) groups excluding carboxylic acids is 1. The van der Waals surface area contributed by atoms with Crippen LogP contribution in [0, 0.1) is 6.92 Å². The van der Waals surface area contributed by atoms with Crippen LogP contribution in [0.2, 0.25) is 0 Å². The molecule has 3 N–H and O–H groups in total. The van der Waals surface area contributed by atoms with Gasteiger partial charge in [-0.25, -0.2) is 8.42 Å². The molecule has 3 rings (SSSR count). The average molecular weight is 396 g/mol. The molecule has 0 saturated carbocycles. The van der Waals surface area contributed by atoms with E-state index in [2.05, 4.69) is 20.2 Å². The summed E-state index contributed by atoms with van der Waals surface area (Å²) in [6.07, 6.45) is 2.98. The lowest BCUT2D eigenvalue weighted by Crippen LogP contribution is -2.14. The molecule has 0 radical (unpaired) electrons. The van der Waals surface area contributed by atoms with Gasteiger partial charge in [0.05, 0.1) is 10.6 Å². The number of benzene rings is 2. The van der Waals surface area contributed by atoms with Crippen LogP contribution in [0.5, 0.6) is 0 Å². The van der Waals surface area contributed by atoms with Gasteiger partial charge in [-0.3, -0.25) is 14.6 Å². The molecule has 0 aliphatic carbocycles. The third-order valence-electron chi connectivity index (χ3n) is 4.12. The van der Waals surface area contributed by atoms with Gasteiger partial charge in [-0.2, -0.15) is 5.10 Å². The minimum Gasteiger partial charge on any atom is -0.356 e. The Morgan fingerprint density at radius 3 is 2.50 bits per heavy atom. The van der Waals surface area contributed by atoms with Crippen molar-refractivity contribution in [3.05, 3.63) is 71.8 Å². The van der Waals surface area contributed by atoms with Crippen LogP contribution in [0.15, 0.2) is 65.6 Å². The number of nitrogens with zero attached hydrogens (tertiary/aromatic N) is 1. The second-order valence-corrected chi connectivity index (χ2v) is 7.79. The van der Waals surface area contributed by atoms with Crippen molar-refractivity contribution in [2.75, 3.05) is 11.8 Å². The van der Waals surface area contributed by atoms with Gasteiger partial charge in [0.2, 0.25) is 5.91 Å². The van der Waals surface area contributed by atoms with Crippen molar-refractivity contribution in [3.63, 3.8) is 0 Å². The van der Waals surface area contributed by atoms with E-state index in [0.717, 1.165) is 16.8 Å². The Balaban J connectivity index is 1.76. The Morgan fingerprint density at radius 2 is 1.82 bits per heavy atom. The van der Waals surface area contributed by atoms with Crippen molar-refractivity contribution >= 4 is 27.8 Å². The average Bonchev–Trinajstić information content (AvgIpc) is 3.14. The van der Waals surface area contributed by atoms with Gasteiger partial charge in [-0.05, 0) is 36.3 Å². The molecule has 0 atom stereocenters. The number of aryl methyl sites for hydroxylation is 1. The predicted octanol–water partition coefficient (Wildman–Crippen LogP) is 2.95. The lowest BCUT2D eigenvalue weighted by molar-refractivity contribution is -0.115. The monoisotopic (exact) mass is 396 g/mol. The van der Waals surface area contributed by atoms with Crippen LogP contribution < -0.4 is 10.0 Å². The van der Waals surface area contributed by atoms with E-state index in [1.54, 1.807) is 24.3 Å². The van der Waals surface area contributed by atoms with Crippen LogP contribution in [0.1, 0.15) is 11.1 Å². The third-order valence-corrected chi connectivity index (χ3v) is 5.49. The van der Waals surface area contributed by atoms with Crippen LogP contribution in [0.25, 0.3) is 17.3 Å². The molecule has 0 saturated heterocycles. The number of hydrogen-bond acceptors (Lipinski definition) is 4. The van der Waals surface area contributed by atoms with E-state index in [1.807, 2.05) is 31.2 Å². The highest BCUT2D eigenvalue weighted by Crippen LogP contribution is 2.24. The van der Waals surface area contributed by atoms with E-state index in [1.165, 1.54) is 25.3 Å². The van der Waals surface area contributed by atoms with Crippen molar-refractivity contribution in [2.45, 2.75) is 11.8 Å². The molecule has 0 spiro atoms. The van der Waals surface area contributed by atoms with E-state index in [0.29, 0.717) is 5.56 Å². The fourth-order valence-electron chi connectivity index (χ4n) is 2.60. The van der Waals surface area contributed by atoms with Crippen LogP contribution >= 0.6 is 0 Å². The molecular formula is C20H20N4O3S. The van der Waals surface area contributed by atoms with Gasteiger partial charge in [-0.15, -0.1) is 0 Å². The van der Waals surface area contributed by atoms with Crippen LogP contribution in [-0.4, -0.2) is 31.6 Å². The number of amides is 1. The molecule has 0 fully saturated rings. The molecule has 1 amide bonds. The molecule has 8 heteroatoms. The van der Waals surface area contributed by atoms with Gasteiger partial charge < -0.3 is 5.32 Å². The molecule has 3 aromatic rings. The normalized spacial score (nSPS) is 11.5. The standard InChI is InChI=1S/C20H20N4O3S/c1-14-5-3-4-6-17(14)18-13-19(23-22-18)24-28(26,27)16-10-7-15(8-11-16)9-12-20(25)21-2/h3-13H,1-2H3,(H,21,25)(H2,22,23,24)/b12-9+. The number of aromatic amines is 1. The number of nitrogens with one attached hydrogen (secondary N) is 3. The zero-order chi connectivity index (χ0) is 20.1. The highest BCUT2D eigenvalue weighted by Gasteiger charge is 2.16. The number of sulfonamides is 1. The summed E-state index contributed by atoms with van der Waals surface area (Å²) in [6, 6.07) is 15.6. The van der Waals surface area contributed by atoms with Crippen molar-refractivity contribution in [1.29, 1.82) is 0 Å². The summed E-state index contributed by atoms with van der Waals surface area (Å²) in [4.78, 5) is 11.3. The third kappa shape index (κ3) is 4.47. The first-order chi connectivity index (χ1) is 13.4. The Kier molecular flexibility index (Phi) is 5.60. The molecule has 0 aliphatic rings. The molecule has 1 aromatic heterocycles. The maximum Gasteiger partial charge on any atom is 0.263 e. The summed E-state index contributed by atoms with van der Waals surface area (Å²) < 4.78 is 27.7. The Labute approximate surface area is 163 Å². The molecule has 0 aliphatic heterocycles. The number of anilines is 1. The maximum atomic E-state index is 12.6. The van der Waals surface area contributed by atoms with Gasteiger partial charge in [-0.1, -0.05) is 36.4 Å².